The Bertz CT molecular complexity index is 85.3. The van der Waals surface area contributed by atoms with E-state index in [1.165, 1.54) is 32.2 Å². The van der Waals surface area contributed by atoms with E-state index >= 15 is 0 Å². The largest absolute Gasteiger partial charge is 0.327 e. The third-order valence-corrected chi connectivity index (χ3v) is 4.43. The van der Waals surface area contributed by atoms with E-state index in [-0.39, 0.29) is 9.68 Å². The van der Waals surface area contributed by atoms with E-state index in [1.54, 1.807) is 0 Å². The Balaban J connectivity index is 2.29. The van der Waals surface area contributed by atoms with Gasteiger partial charge in [-0.1, -0.05) is 26.3 Å². The molecule has 0 heterocycles. The third-order valence-electron chi connectivity index (χ3n) is 2.65. The summed E-state index contributed by atoms with van der Waals surface area (Å²) in [4.78, 5) is 0. The van der Waals surface area contributed by atoms with Crippen molar-refractivity contribution in [2.75, 3.05) is 6.54 Å². The first-order valence-corrected chi connectivity index (χ1v) is 6.67. The van der Waals surface area contributed by atoms with Crippen molar-refractivity contribution in [3.63, 3.8) is 0 Å². The third kappa shape index (κ3) is 1.83. The minimum absolute atomic E-state index is 0.132. The average Bonchev–Trinajstić information content (AvgIpc) is 2.43. The van der Waals surface area contributed by atoms with Crippen LogP contribution in [-0.2, 0) is 0 Å². The maximum Gasteiger partial charge on any atom is 0.0923 e. The van der Waals surface area contributed by atoms with Crippen LogP contribution in [0.3, 0.4) is 0 Å². The molecule has 1 rings (SSSR count). The first kappa shape index (κ1) is 8.28. The lowest BCUT2D eigenvalue weighted by atomic mass is 10.2. The van der Waals surface area contributed by atoms with Crippen molar-refractivity contribution in [2.24, 2.45) is 0 Å². The van der Waals surface area contributed by atoms with Gasteiger partial charge in [-0.3, -0.25) is 0 Å². The molecule has 0 aromatic rings. The second-order valence-electron chi connectivity index (χ2n) is 3.16. The van der Waals surface area contributed by atoms with Gasteiger partial charge in [0.15, 0.2) is 0 Å². The molecule has 1 nitrogen and oxygen atoms in total. The Hall–Kier alpha value is 0.177. The lowest BCUT2D eigenvalue weighted by Gasteiger charge is -2.25. The van der Waals surface area contributed by atoms with Crippen LogP contribution < -0.4 is 0 Å². The molecule has 0 amide bonds. The minimum atomic E-state index is 0.132. The van der Waals surface area contributed by atoms with Gasteiger partial charge in [0.2, 0.25) is 0 Å². The number of hydrogen-bond donors (Lipinski definition) is 0. The zero-order valence-corrected chi connectivity index (χ0v) is 8.68. The fourth-order valence-electron chi connectivity index (χ4n) is 2.01. The summed E-state index contributed by atoms with van der Waals surface area (Å²) in [6.07, 6.45) is 5.93. The molecule has 0 N–H and O–H groups in total. The van der Waals surface area contributed by atoms with Crippen molar-refractivity contribution < 1.29 is 0 Å². The SMILES string of the molecule is CCN([SiH2]C)C1CCCC1. The quantitative estimate of drug-likeness (QED) is 0.560. The molecule has 2 heteroatoms. The van der Waals surface area contributed by atoms with Crippen LogP contribution in [0.2, 0.25) is 6.55 Å². The molecule has 1 aliphatic carbocycles. The van der Waals surface area contributed by atoms with Crippen LogP contribution >= 0.6 is 0 Å². The molecule has 0 saturated heterocycles. The molecule has 1 fully saturated rings. The topological polar surface area (TPSA) is 3.24 Å². The summed E-state index contributed by atoms with van der Waals surface area (Å²) in [5, 5.41) is 0. The van der Waals surface area contributed by atoms with Crippen LogP contribution in [0, 0.1) is 0 Å². The molecule has 0 aromatic heterocycles. The summed E-state index contributed by atoms with van der Waals surface area (Å²) >= 11 is 0. The summed E-state index contributed by atoms with van der Waals surface area (Å²) < 4.78 is 2.73. The van der Waals surface area contributed by atoms with Gasteiger partial charge < -0.3 is 4.57 Å². The molecule has 1 saturated carbocycles. The Morgan fingerprint density at radius 2 is 2.00 bits per heavy atom. The summed E-state index contributed by atoms with van der Waals surface area (Å²) in [5.74, 6) is 0. The van der Waals surface area contributed by atoms with E-state index in [1.807, 2.05) is 0 Å². The highest BCUT2D eigenvalue weighted by Gasteiger charge is 2.19. The molecule has 0 unspecified atom stereocenters. The van der Waals surface area contributed by atoms with E-state index in [4.69, 9.17) is 0 Å². The summed E-state index contributed by atoms with van der Waals surface area (Å²) in [6.45, 7) is 6.00. The molecule has 0 aromatic carbocycles. The molecule has 0 radical (unpaired) electrons. The Morgan fingerprint density at radius 1 is 1.40 bits per heavy atom. The molecule has 1 aliphatic rings. The van der Waals surface area contributed by atoms with Crippen molar-refractivity contribution in [3.8, 4) is 0 Å². The predicted octanol–water partition coefficient (Wildman–Crippen LogP) is 1.38. The van der Waals surface area contributed by atoms with Crippen LogP contribution in [0.4, 0.5) is 0 Å². The van der Waals surface area contributed by atoms with Crippen molar-refractivity contribution in [1.29, 1.82) is 0 Å². The lowest BCUT2D eigenvalue weighted by Crippen LogP contribution is -2.34. The van der Waals surface area contributed by atoms with Gasteiger partial charge in [0.1, 0.15) is 0 Å². The molecule has 0 aliphatic heterocycles. The fraction of sp³-hybridized carbons (Fsp3) is 1.00. The highest BCUT2D eigenvalue weighted by molar-refractivity contribution is 6.29. The van der Waals surface area contributed by atoms with Crippen LogP contribution in [0.25, 0.3) is 0 Å². The molecule has 60 valence electrons. The second kappa shape index (κ2) is 4.14. The van der Waals surface area contributed by atoms with Crippen molar-refractivity contribution >= 4 is 9.68 Å². The molecule has 0 spiro atoms. The van der Waals surface area contributed by atoms with Gasteiger partial charge >= 0.3 is 0 Å². The normalized spacial score (nSPS) is 21.9. The van der Waals surface area contributed by atoms with Crippen LogP contribution in [0.1, 0.15) is 32.6 Å². The molecule has 0 bridgehead atoms. The first-order valence-electron chi connectivity index (χ1n) is 4.62. The van der Waals surface area contributed by atoms with E-state index < -0.39 is 0 Å². The highest BCUT2D eigenvalue weighted by atomic mass is 28.2. The standard InChI is InChI=1S/C8H19NSi/c1-3-9(10-2)8-6-4-5-7-8/h8H,3-7,10H2,1-2H3. The Labute approximate surface area is 66.7 Å². The van der Waals surface area contributed by atoms with Crippen LogP contribution in [0.15, 0.2) is 0 Å². The van der Waals surface area contributed by atoms with Crippen molar-refractivity contribution in [2.45, 2.75) is 45.2 Å². The molecule has 0 atom stereocenters. The number of rotatable bonds is 3. The highest BCUT2D eigenvalue weighted by Crippen LogP contribution is 2.22. The van der Waals surface area contributed by atoms with E-state index in [0.29, 0.717) is 0 Å². The summed E-state index contributed by atoms with van der Waals surface area (Å²) in [5.41, 5.74) is 0. The maximum absolute atomic E-state index is 2.73. The van der Waals surface area contributed by atoms with Gasteiger partial charge in [0, 0.05) is 6.04 Å². The van der Waals surface area contributed by atoms with Gasteiger partial charge in [-0.15, -0.1) is 0 Å². The lowest BCUT2D eigenvalue weighted by molar-refractivity contribution is 0.350. The first-order chi connectivity index (χ1) is 4.88. The summed E-state index contributed by atoms with van der Waals surface area (Å²) in [6, 6.07) is 0.988. The smallest absolute Gasteiger partial charge is 0.0923 e. The number of hydrogen-bond acceptors (Lipinski definition) is 1. The van der Waals surface area contributed by atoms with Crippen LogP contribution in [0.5, 0.6) is 0 Å². The van der Waals surface area contributed by atoms with E-state index in [9.17, 15) is 0 Å². The van der Waals surface area contributed by atoms with Gasteiger partial charge in [-0.25, -0.2) is 0 Å². The van der Waals surface area contributed by atoms with Gasteiger partial charge in [0.25, 0.3) is 0 Å². The minimum Gasteiger partial charge on any atom is -0.327 e. The molecular formula is C8H19NSi. The maximum atomic E-state index is 2.73. The van der Waals surface area contributed by atoms with E-state index in [0.717, 1.165) is 6.04 Å². The van der Waals surface area contributed by atoms with Gasteiger partial charge in [0.05, 0.1) is 9.68 Å². The fourth-order valence-corrected chi connectivity index (χ4v) is 3.34. The Morgan fingerprint density at radius 3 is 2.40 bits per heavy atom. The Kier molecular flexibility index (Phi) is 3.42. The zero-order chi connectivity index (χ0) is 7.40. The predicted molar refractivity (Wildman–Crippen MR) is 49.0 cm³/mol. The zero-order valence-electron chi connectivity index (χ0n) is 7.27. The second-order valence-corrected chi connectivity index (χ2v) is 4.60. The monoisotopic (exact) mass is 157 g/mol. The van der Waals surface area contributed by atoms with Crippen LogP contribution in [-0.4, -0.2) is 26.8 Å². The van der Waals surface area contributed by atoms with Crippen molar-refractivity contribution in [1.82, 2.24) is 4.57 Å². The van der Waals surface area contributed by atoms with E-state index in [2.05, 4.69) is 18.0 Å². The summed E-state index contributed by atoms with van der Waals surface area (Å²) in [7, 11) is 0.132. The molecule has 10 heavy (non-hydrogen) atoms. The number of nitrogens with zero attached hydrogens (tertiary/aromatic N) is 1. The van der Waals surface area contributed by atoms with Gasteiger partial charge in [-0.05, 0) is 19.4 Å². The average molecular weight is 157 g/mol. The van der Waals surface area contributed by atoms with Gasteiger partial charge in [-0.2, -0.15) is 0 Å². The molecular weight excluding hydrogens is 138 g/mol. The van der Waals surface area contributed by atoms with Crippen molar-refractivity contribution in [3.05, 3.63) is 0 Å².